The van der Waals surface area contributed by atoms with E-state index in [0.717, 1.165) is 167 Å². The SMILES string of the molecule is CCC1=C(CC)/C2=C/C3=C(CC)C(CC)(C(=O)O)C(/C=C4N=C(/C=c5\[nH]/c(c(CC)c5CC)=C\C1=N2)C(CC)=C\4CC)N3.CCC1=C(CC)/C2=C/C3=C(CC)C(CC)(C(=O)O)C(/C=C4N=C(/C=c5\[nH]/c(c(CC)c5CC)=C\C1=N2)C(CC)=C\4CC)N3.[Pd]. The fourth-order valence-corrected chi connectivity index (χ4v) is 15.9. The van der Waals surface area contributed by atoms with Gasteiger partial charge in [0.1, 0.15) is 10.8 Å². The zero-order valence-electron chi connectivity index (χ0n) is 54.9. The van der Waals surface area contributed by atoms with E-state index < -0.39 is 34.9 Å². The van der Waals surface area contributed by atoms with E-state index in [1.165, 1.54) is 66.8 Å². The van der Waals surface area contributed by atoms with Gasteiger partial charge in [-0.25, -0.2) is 20.0 Å². The predicted molar refractivity (Wildman–Crippen MR) is 357 cm³/mol. The van der Waals surface area contributed by atoms with Crippen molar-refractivity contribution in [3.8, 4) is 0 Å². The molecule has 0 aliphatic carbocycles. The molecule has 10 heterocycles. The molecular weight excluding hydrogens is 1170 g/mol. The van der Waals surface area contributed by atoms with Crippen LogP contribution in [0.2, 0.25) is 0 Å². The van der Waals surface area contributed by atoms with E-state index in [-0.39, 0.29) is 20.4 Å². The quantitative estimate of drug-likeness (QED) is 0.0809. The molecule has 87 heavy (non-hydrogen) atoms. The van der Waals surface area contributed by atoms with Gasteiger partial charge in [-0.2, -0.15) is 0 Å². The number of fused-ring (bicyclic) bond motifs is 12. The maximum Gasteiger partial charge on any atom is 0.316 e. The second-order valence-corrected chi connectivity index (χ2v) is 23.6. The molecule has 13 heteroatoms. The van der Waals surface area contributed by atoms with Gasteiger partial charge in [0.05, 0.1) is 57.7 Å². The Labute approximate surface area is 531 Å². The number of nitrogens with zero attached hydrogens (tertiary/aromatic N) is 4. The summed E-state index contributed by atoms with van der Waals surface area (Å²) in [5.74, 6) is -1.58. The number of carbonyl (C=O) groups is 2. The Hall–Kier alpha value is -6.68. The molecule has 2 aromatic rings. The van der Waals surface area contributed by atoms with Crippen LogP contribution in [0.5, 0.6) is 0 Å². The molecule has 8 aliphatic heterocycles. The number of aliphatic imine (C=N–C) groups is 4. The van der Waals surface area contributed by atoms with Crippen LogP contribution in [0, 0.1) is 10.8 Å². The van der Waals surface area contributed by atoms with E-state index in [1.807, 2.05) is 13.8 Å². The van der Waals surface area contributed by atoms with E-state index in [4.69, 9.17) is 20.0 Å². The fourth-order valence-electron chi connectivity index (χ4n) is 15.9. The van der Waals surface area contributed by atoms with Crippen molar-refractivity contribution >= 4 is 59.1 Å². The molecule has 466 valence electrons. The summed E-state index contributed by atoms with van der Waals surface area (Å²) in [4.78, 5) is 54.9. The second-order valence-electron chi connectivity index (χ2n) is 23.6. The number of aromatic nitrogens is 2. The number of hydrogen-bond donors (Lipinski definition) is 6. The number of rotatable bonds is 18. The Balaban J connectivity index is 0.000000223. The first-order chi connectivity index (χ1) is 41.5. The van der Waals surface area contributed by atoms with Gasteiger partial charge in [0.15, 0.2) is 0 Å². The van der Waals surface area contributed by atoms with Crippen LogP contribution < -0.4 is 32.0 Å². The second kappa shape index (κ2) is 27.4. The van der Waals surface area contributed by atoms with E-state index in [2.05, 4.69) is 166 Å². The molecule has 10 rings (SSSR count). The smallest absolute Gasteiger partial charge is 0.316 e. The number of carboxylic acids is 2. The first-order valence-electron chi connectivity index (χ1n) is 33.0. The molecule has 0 fully saturated rings. The first kappa shape index (κ1) is 66.3. The summed E-state index contributed by atoms with van der Waals surface area (Å²) in [6.07, 6.45) is 30.2. The van der Waals surface area contributed by atoms with Gasteiger partial charge in [0, 0.05) is 53.2 Å². The molecule has 0 saturated carbocycles. The Morgan fingerprint density at radius 1 is 0.368 bits per heavy atom. The van der Waals surface area contributed by atoms with Gasteiger partial charge in [-0.05, 0) is 229 Å². The topological polar surface area (TPSA) is 180 Å². The van der Waals surface area contributed by atoms with Crippen molar-refractivity contribution in [2.45, 2.75) is 226 Å². The minimum absolute atomic E-state index is 0. The summed E-state index contributed by atoms with van der Waals surface area (Å²) in [5.41, 5.74) is 24.4. The number of aromatic amines is 2. The van der Waals surface area contributed by atoms with Crippen LogP contribution >= 0.6 is 0 Å². The third kappa shape index (κ3) is 11.0. The van der Waals surface area contributed by atoms with E-state index >= 15 is 0 Å². The summed E-state index contributed by atoms with van der Waals surface area (Å²) in [7, 11) is 0. The zero-order valence-corrected chi connectivity index (χ0v) is 56.5. The molecule has 6 N–H and O–H groups in total. The monoisotopic (exact) mass is 1270 g/mol. The molecule has 0 saturated heterocycles. The number of aliphatic carboxylic acids is 2. The van der Waals surface area contributed by atoms with Crippen LogP contribution in [0.15, 0.2) is 134 Å². The first-order valence-corrected chi connectivity index (χ1v) is 33.0. The minimum Gasteiger partial charge on any atom is -0.481 e. The molecule has 16 bridgehead atoms. The molecule has 2 aromatic heterocycles. The van der Waals surface area contributed by atoms with Crippen molar-refractivity contribution in [3.05, 3.63) is 158 Å². The van der Waals surface area contributed by atoms with Crippen LogP contribution in [0.1, 0.15) is 210 Å². The summed E-state index contributed by atoms with van der Waals surface area (Å²) in [5, 5.41) is 33.5. The maximum atomic E-state index is 13.2. The number of carboxylic acid groups (broad SMARTS) is 2. The van der Waals surface area contributed by atoms with E-state index in [9.17, 15) is 19.8 Å². The molecule has 4 unspecified atom stereocenters. The molecule has 4 atom stereocenters. The van der Waals surface area contributed by atoms with Crippen molar-refractivity contribution < 1.29 is 40.2 Å². The van der Waals surface area contributed by atoms with Crippen LogP contribution in [0.3, 0.4) is 0 Å². The fraction of sp³-hybridized carbons (Fsp3) is 0.486. The molecule has 0 amide bonds. The molecule has 0 radical (unpaired) electrons. The Bertz CT molecular complexity index is 3660. The van der Waals surface area contributed by atoms with Crippen molar-refractivity contribution in [1.29, 1.82) is 0 Å². The van der Waals surface area contributed by atoms with E-state index in [1.54, 1.807) is 0 Å². The van der Waals surface area contributed by atoms with Gasteiger partial charge >= 0.3 is 11.9 Å². The van der Waals surface area contributed by atoms with Gasteiger partial charge in [0.25, 0.3) is 0 Å². The normalized spacial score (nSPS) is 26.8. The summed E-state index contributed by atoms with van der Waals surface area (Å²) >= 11 is 0. The van der Waals surface area contributed by atoms with Crippen molar-refractivity contribution in [1.82, 2.24) is 20.6 Å². The van der Waals surface area contributed by atoms with Crippen LogP contribution in [-0.2, 0) is 55.7 Å². The summed E-state index contributed by atoms with van der Waals surface area (Å²) in [6.45, 7) is 34.5. The molecule has 8 aliphatic rings. The van der Waals surface area contributed by atoms with Gasteiger partial charge < -0.3 is 30.8 Å². The zero-order chi connectivity index (χ0) is 62.1. The third-order valence-corrected chi connectivity index (χ3v) is 20.0. The predicted octanol–water partition coefficient (Wildman–Crippen LogP) is 13.5. The van der Waals surface area contributed by atoms with Gasteiger partial charge in [-0.1, -0.05) is 111 Å². The number of H-pyrrole nitrogens is 2. The van der Waals surface area contributed by atoms with E-state index in [0.29, 0.717) is 25.7 Å². The third-order valence-electron chi connectivity index (χ3n) is 20.0. The molecule has 12 nitrogen and oxygen atoms in total. The van der Waals surface area contributed by atoms with Gasteiger partial charge in [0.2, 0.25) is 0 Å². The largest absolute Gasteiger partial charge is 0.481 e. The van der Waals surface area contributed by atoms with Crippen LogP contribution in [-0.4, -0.2) is 67.1 Å². The van der Waals surface area contributed by atoms with Crippen molar-refractivity contribution in [3.63, 3.8) is 0 Å². The average Bonchev–Trinajstić information content (AvgIpc) is 1.82. The Morgan fingerprint density at radius 2 is 0.621 bits per heavy atom. The van der Waals surface area contributed by atoms with Crippen molar-refractivity contribution in [2.24, 2.45) is 30.8 Å². The van der Waals surface area contributed by atoms with Crippen molar-refractivity contribution in [2.75, 3.05) is 0 Å². The Morgan fingerprint density at radius 3 is 0.839 bits per heavy atom. The average molecular weight is 1270 g/mol. The standard InChI is InChI=1S/2C37H48N4O2.Pd/c2*1-9-21-22(10-2)29-18-31-25(13-5)26(14-6)33(40-31)20-35-37(16-8,36(42)43)27(15-7)34(41-35)19-32-24(12-4)23(11-3)30(39-32)17-28(21)38-29;/h2*17-20,35,38,41H,9-16H2,1-8H3,(H,42,43);/b2*28-17-,29-18-,32-19-,33-20-;. The molecular formula is C74H96N8O4Pd. The Kier molecular flexibility index (Phi) is 20.9. The maximum absolute atomic E-state index is 13.2. The number of hydrogen-bond acceptors (Lipinski definition) is 8. The molecule has 0 aromatic carbocycles. The van der Waals surface area contributed by atoms with Gasteiger partial charge in [-0.15, -0.1) is 0 Å². The van der Waals surface area contributed by atoms with Crippen LogP contribution in [0.25, 0.3) is 24.3 Å². The van der Waals surface area contributed by atoms with Crippen LogP contribution in [0.4, 0.5) is 0 Å². The molecule has 0 spiro atoms. The summed E-state index contributed by atoms with van der Waals surface area (Å²) < 4.78 is 0. The number of allylic oxidation sites excluding steroid dienone is 10. The minimum atomic E-state index is -1.06. The van der Waals surface area contributed by atoms with Gasteiger partial charge in [-0.3, -0.25) is 9.59 Å². The summed E-state index contributed by atoms with van der Waals surface area (Å²) in [6, 6.07) is -0.845. The number of nitrogens with one attached hydrogen (secondary N) is 4.